The van der Waals surface area contributed by atoms with Crippen LogP contribution in [0.5, 0.6) is 0 Å². The summed E-state index contributed by atoms with van der Waals surface area (Å²) in [6.45, 7) is 0. The van der Waals surface area contributed by atoms with Crippen molar-refractivity contribution >= 4 is 74.9 Å². The van der Waals surface area contributed by atoms with E-state index in [0.717, 1.165) is 0 Å². The number of thiophene rings is 1. The van der Waals surface area contributed by atoms with Crippen LogP contribution in [0.2, 0.25) is 0 Å². The van der Waals surface area contributed by atoms with E-state index in [1.807, 2.05) is 11.3 Å². The number of para-hydroxylation sites is 2. The Kier molecular flexibility index (Phi) is 3.60. The summed E-state index contributed by atoms with van der Waals surface area (Å²) >= 11 is 1.92. The fraction of sp³-hybridized carbons (Fsp3) is 0. The molecule has 0 amide bonds. The van der Waals surface area contributed by atoms with Crippen LogP contribution in [-0.2, 0) is 0 Å². The smallest absolute Gasteiger partial charge is 0.0547 e. The summed E-state index contributed by atoms with van der Waals surface area (Å²) in [7, 11) is 0. The van der Waals surface area contributed by atoms with Gasteiger partial charge in [0.05, 0.1) is 11.0 Å². The SMILES string of the molecule is c1ccc(-n2c3ccccc3c3c4c(ccc32)c2ccccc2c2sc3ccccc3c24)cc1. The molecule has 8 aromatic rings. The number of benzene rings is 6. The van der Waals surface area contributed by atoms with E-state index >= 15 is 0 Å². The third-order valence-corrected chi connectivity index (χ3v) is 8.36. The van der Waals surface area contributed by atoms with Crippen LogP contribution in [0.3, 0.4) is 0 Å². The van der Waals surface area contributed by atoms with E-state index < -0.39 is 0 Å². The highest BCUT2D eigenvalue weighted by atomic mass is 32.1. The molecule has 0 aliphatic rings. The molecule has 0 saturated carbocycles. The predicted molar refractivity (Wildman–Crippen MR) is 149 cm³/mol. The largest absolute Gasteiger partial charge is 0.309 e. The van der Waals surface area contributed by atoms with Gasteiger partial charge in [-0.05, 0) is 41.1 Å². The summed E-state index contributed by atoms with van der Waals surface area (Å²) in [5.74, 6) is 0. The van der Waals surface area contributed by atoms with Crippen LogP contribution in [0.4, 0.5) is 0 Å². The molecule has 6 aromatic carbocycles. The maximum Gasteiger partial charge on any atom is 0.0547 e. The van der Waals surface area contributed by atoms with Crippen molar-refractivity contribution in [3.05, 3.63) is 115 Å². The third kappa shape index (κ3) is 2.28. The average molecular weight is 450 g/mol. The normalized spacial score (nSPS) is 12.1. The lowest BCUT2D eigenvalue weighted by molar-refractivity contribution is 1.18. The molecule has 158 valence electrons. The van der Waals surface area contributed by atoms with Gasteiger partial charge in [0, 0.05) is 47.4 Å². The Hall–Kier alpha value is -4.14. The number of aromatic nitrogens is 1. The zero-order valence-corrected chi connectivity index (χ0v) is 19.1. The van der Waals surface area contributed by atoms with Crippen LogP contribution in [0.15, 0.2) is 115 Å². The van der Waals surface area contributed by atoms with Gasteiger partial charge in [0.1, 0.15) is 0 Å². The Morgan fingerprint density at radius 1 is 0.412 bits per heavy atom. The first-order valence-corrected chi connectivity index (χ1v) is 12.4. The summed E-state index contributed by atoms with van der Waals surface area (Å²) in [6.07, 6.45) is 0. The third-order valence-electron chi connectivity index (χ3n) is 7.16. The van der Waals surface area contributed by atoms with Gasteiger partial charge in [0.2, 0.25) is 0 Å². The number of nitrogens with zero attached hydrogens (tertiary/aromatic N) is 1. The van der Waals surface area contributed by atoms with Gasteiger partial charge in [0.15, 0.2) is 0 Å². The van der Waals surface area contributed by atoms with Crippen molar-refractivity contribution in [2.45, 2.75) is 0 Å². The first kappa shape index (κ1) is 18.3. The molecule has 2 heterocycles. The Balaban J connectivity index is 1.74. The summed E-state index contributed by atoms with van der Waals surface area (Å²) in [5, 5.41) is 10.8. The van der Waals surface area contributed by atoms with Crippen molar-refractivity contribution in [1.82, 2.24) is 4.57 Å². The van der Waals surface area contributed by atoms with E-state index in [4.69, 9.17) is 0 Å². The predicted octanol–water partition coefficient (Wildman–Crippen LogP) is 9.46. The molecule has 0 aliphatic heterocycles. The van der Waals surface area contributed by atoms with Gasteiger partial charge in [-0.2, -0.15) is 0 Å². The van der Waals surface area contributed by atoms with Crippen LogP contribution in [0.25, 0.3) is 69.2 Å². The standard InChI is InChI=1S/C32H19NS/c1-2-10-20(11-3-1)33-26-16-8-6-14-24(26)29-27(33)19-18-22-21-12-4-5-13-23(21)32-31(30(22)29)25-15-7-9-17-28(25)34-32/h1-19H. The fourth-order valence-corrected chi connectivity index (χ4v) is 7.05. The van der Waals surface area contributed by atoms with Gasteiger partial charge >= 0.3 is 0 Å². The number of hydrogen-bond donors (Lipinski definition) is 0. The molecule has 0 aliphatic carbocycles. The van der Waals surface area contributed by atoms with Crippen molar-refractivity contribution in [1.29, 1.82) is 0 Å². The lowest BCUT2D eigenvalue weighted by Crippen LogP contribution is -1.93. The van der Waals surface area contributed by atoms with Gasteiger partial charge < -0.3 is 4.57 Å². The lowest BCUT2D eigenvalue weighted by Gasteiger charge is -2.11. The molecule has 2 heteroatoms. The Bertz CT molecular complexity index is 2060. The second kappa shape index (κ2) is 6.69. The van der Waals surface area contributed by atoms with E-state index in [0.29, 0.717) is 0 Å². The Morgan fingerprint density at radius 2 is 1.09 bits per heavy atom. The molecule has 1 nitrogen and oxygen atoms in total. The summed E-state index contributed by atoms with van der Waals surface area (Å²) < 4.78 is 5.15. The maximum atomic E-state index is 2.42. The minimum absolute atomic E-state index is 1.19. The minimum Gasteiger partial charge on any atom is -0.309 e. The van der Waals surface area contributed by atoms with Crippen molar-refractivity contribution in [3.63, 3.8) is 0 Å². The first-order valence-electron chi connectivity index (χ1n) is 11.6. The summed E-state index contributed by atoms with van der Waals surface area (Å²) in [4.78, 5) is 0. The lowest BCUT2D eigenvalue weighted by atomic mass is 9.94. The number of fused-ring (bicyclic) bond motifs is 12. The van der Waals surface area contributed by atoms with E-state index in [1.165, 1.54) is 69.2 Å². The Labute approximate surface area is 200 Å². The van der Waals surface area contributed by atoms with Gasteiger partial charge in [-0.15, -0.1) is 11.3 Å². The van der Waals surface area contributed by atoms with Gasteiger partial charge in [-0.3, -0.25) is 0 Å². The average Bonchev–Trinajstić information content (AvgIpc) is 3.46. The second-order valence-electron chi connectivity index (χ2n) is 8.92. The molecule has 2 aromatic heterocycles. The highest BCUT2D eigenvalue weighted by Gasteiger charge is 2.20. The van der Waals surface area contributed by atoms with E-state index in [2.05, 4.69) is 120 Å². The highest BCUT2D eigenvalue weighted by Crippen LogP contribution is 2.48. The number of hydrogen-bond acceptors (Lipinski definition) is 1. The van der Waals surface area contributed by atoms with Crippen LogP contribution in [-0.4, -0.2) is 4.57 Å². The molecule has 8 rings (SSSR count). The zero-order chi connectivity index (χ0) is 22.2. The summed E-state index contributed by atoms with van der Waals surface area (Å²) in [5.41, 5.74) is 3.70. The molecule has 0 bridgehead atoms. The molecule has 0 atom stereocenters. The van der Waals surface area contributed by atoms with Crippen LogP contribution < -0.4 is 0 Å². The summed E-state index contributed by atoms with van der Waals surface area (Å²) in [6, 6.07) is 42.0. The zero-order valence-electron chi connectivity index (χ0n) is 18.3. The van der Waals surface area contributed by atoms with Crippen LogP contribution >= 0.6 is 11.3 Å². The quantitative estimate of drug-likeness (QED) is 0.220. The van der Waals surface area contributed by atoms with Gasteiger partial charge in [0.25, 0.3) is 0 Å². The highest BCUT2D eigenvalue weighted by molar-refractivity contribution is 7.27. The van der Waals surface area contributed by atoms with Crippen molar-refractivity contribution in [2.24, 2.45) is 0 Å². The molecule has 0 radical (unpaired) electrons. The van der Waals surface area contributed by atoms with Crippen molar-refractivity contribution in [2.75, 3.05) is 0 Å². The van der Waals surface area contributed by atoms with E-state index in [1.54, 1.807) is 0 Å². The van der Waals surface area contributed by atoms with Crippen LogP contribution in [0.1, 0.15) is 0 Å². The van der Waals surface area contributed by atoms with E-state index in [-0.39, 0.29) is 0 Å². The van der Waals surface area contributed by atoms with E-state index in [9.17, 15) is 0 Å². The van der Waals surface area contributed by atoms with Gasteiger partial charge in [-0.1, -0.05) is 84.9 Å². The first-order chi connectivity index (χ1) is 16.9. The molecule has 34 heavy (non-hydrogen) atoms. The number of rotatable bonds is 1. The molecular formula is C32H19NS. The molecule has 0 fully saturated rings. The molecule has 0 N–H and O–H groups in total. The van der Waals surface area contributed by atoms with Crippen LogP contribution in [0, 0.1) is 0 Å². The second-order valence-corrected chi connectivity index (χ2v) is 9.97. The van der Waals surface area contributed by atoms with Crippen molar-refractivity contribution in [3.8, 4) is 5.69 Å². The molecule has 0 unspecified atom stereocenters. The van der Waals surface area contributed by atoms with Gasteiger partial charge in [-0.25, -0.2) is 0 Å². The topological polar surface area (TPSA) is 4.93 Å². The maximum absolute atomic E-state index is 2.42. The van der Waals surface area contributed by atoms with Crippen molar-refractivity contribution < 1.29 is 0 Å². The Morgan fingerprint density at radius 3 is 1.94 bits per heavy atom. The molecular weight excluding hydrogens is 430 g/mol. The fourth-order valence-electron chi connectivity index (χ4n) is 5.80. The molecule has 0 spiro atoms. The monoisotopic (exact) mass is 449 g/mol. The molecule has 0 saturated heterocycles. The minimum atomic E-state index is 1.19.